The Morgan fingerprint density at radius 2 is 2.07 bits per heavy atom. The molecule has 1 fully saturated rings. The molecule has 0 unspecified atom stereocenters. The number of benzene rings is 1. The summed E-state index contributed by atoms with van der Waals surface area (Å²) in [6.45, 7) is 3.44. The van der Waals surface area contributed by atoms with E-state index in [0.29, 0.717) is 11.3 Å². The zero-order valence-electron chi connectivity index (χ0n) is 15.1. The van der Waals surface area contributed by atoms with Crippen molar-refractivity contribution >= 4 is 29.5 Å². The van der Waals surface area contributed by atoms with Crippen LogP contribution in [-0.4, -0.2) is 28.7 Å². The first kappa shape index (κ1) is 19.0. The molecular formula is C20H20N2O4S. The maximum absolute atomic E-state index is 12.8. The number of nitrogens with zero attached hydrogens (tertiary/aromatic N) is 1. The number of rotatable bonds is 6. The first-order valence-electron chi connectivity index (χ1n) is 8.55. The maximum atomic E-state index is 12.8. The Kier molecular flexibility index (Phi) is 5.81. The highest BCUT2D eigenvalue weighted by atomic mass is 32.2. The second-order valence-corrected chi connectivity index (χ2v) is 7.00. The van der Waals surface area contributed by atoms with E-state index < -0.39 is 5.97 Å². The number of ether oxygens (including phenoxy) is 1. The molecule has 2 aliphatic heterocycles. The van der Waals surface area contributed by atoms with E-state index in [1.807, 2.05) is 43.3 Å². The standard InChI is InChI=1S/C20H20N2O4S/c1-3-15-16-11-17(24)22(16)18(19(15)27-10-9-21-13(2)23)20(25)26-12-14-7-5-4-6-8-14/h3-10,16H,11-12H2,1-2H3,(H,21,23)/b10-9-,15-3?/t16-/m1/s1. The molecule has 0 saturated carbocycles. The lowest BCUT2D eigenvalue weighted by Gasteiger charge is -2.36. The van der Waals surface area contributed by atoms with Gasteiger partial charge in [-0.1, -0.05) is 48.2 Å². The molecule has 3 rings (SSSR count). The van der Waals surface area contributed by atoms with Crippen LogP contribution >= 0.6 is 11.8 Å². The van der Waals surface area contributed by atoms with Crippen LogP contribution < -0.4 is 5.32 Å². The number of β-lactam (4-membered cyclic amide) rings is 1. The second kappa shape index (κ2) is 8.26. The summed E-state index contributed by atoms with van der Waals surface area (Å²) >= 11 is 1.29. The van der Waals surface area contributed by atoms with Gasteiger partial charge in [0.05, 0.1) is 12.5 Å². The van der Waals surface area contributed by atoms with E-state index in [-0.39, 0.29) is 30.2 Å². The van der Waals surface area contributed by atoms with E-state index in [2.05, 4.69) is 5.32 Å². The van der Waals surface area contributed by atoms with Crippen LogP contribution in [0.15, 0.2) is 64.2 Å². The van der Waals surface area contributed by atoms with Gasteiger partial charge in [-0.05, 0) is 23.5 Å². The van der Waals surface area contributed by atoms with Gasteiger partial charge < -0.3 is 10.1 Å². The Hall–Kier alpha value is -2.80. The number of esters is 1. The van der Waals surface area contributed by atoms with Crippen molar-refractivity contribution in [1.82, 2.24) is 10.2 Å². The number of nitrogens with one attached hydrogen (secondary N) is 1. The number of carbonyl (C=O) groups excluding carboxylic acids is 3. The normalized spacial score (nSPS) is 20.1. The molecule has 1 N–H and O–H groups in total. The molecule has 0 aromatic heterocycles. The van der Waals surface area contributed by atoms with Gasteiger partial charge >= 0.3 is 5.97 Å². The summed E-state index contributed by atoms with van der Waals surface area (Å²) in [6, 6.07) is 9.27. The largest absolute Gasteiger partial charge is 0.456 e. The molecule has 1 aromatic carbocycles. The van der Waals surface area contributed by atoms with Crippen molar-refractivity contribution in [3.05, 3.63) is 69.8 Å². The molecule has 140 valence electrons. The monoisotopic (exact) mass is 384 g/mol. The smallest absolute Gasteiger partial charge is 0.356 e. The summed E-state index contributed by atoms with van der Waals surface area (Å²) in [5.41, 5.74) is 2.08. The van der Waals surface area contributed by atoms with E-state index in [9.17, 15) is 14.4 Å². The molecule has 1 atom stereocenters. The molecule has 7 heteroatoms. The summed E-state index contributed by atoms with van der Waals surface area (Å²) in [5, 5.41) is 4.24. The predicted octanol–water partition coefficient (Wildman–Crippen LogP) is 2.84. The number of allylic oxidation sites excluding steroid dienone is 1. The number of carbonyl (C=O) groups is 3. The Balaban J connectivity index is 1.82. The van der Waals surface area contributed by atoms with Crippen LogP contribution in [0.5, 0.6) is 0 Å². The van der Waals surface area contributed by atoms with Crippen LogP contribution in [0, 0.1) is 0 Å². The lowest BCUT2D eigenvalue weighted by molar-refractivity contribution is -0.150. The molecule has 2 amide bonds. The summed E-state index contributed by atoms with van der Waals surface area (Å²) < 4.78 is 5.46. The Labute approximate surface area is 161 Å². The third-order valence-electron chi connectivity index (χ3n) is 4.28. The highest BCUT2D eigenvalue weighted by Gasteiger charge is 2.50. The van der Waals surface area contributed by atoms with Crippen LogP contribution in [0.3, 0.4) is 0 Å². The van der Waals surface area contributed by atoms with Crippen molar-refractivity contribution in [3.63, 3.8) is 0 Å². The van der Waals surface area contributed by atoms with E-state index in [0.717, 1.165) is 11.1 Å². The first-order chi connectivity index (χ1) is 13.0. The third kappa shape index (κ3) is 3.98. The zero-order valence-corrected chi connectivity index (χ0v) is 15.9. The minimum absolute atomic E-state index is 0.0903. The number of fused-ring (bicyclic) bond motifs is 1. The minimum Gasteiger partial charge on any atom is -0.456 e. The van der Waals surface area contributed by atoms with Crippen LogP contribution in [0.1, 0.15) is 25.8 Å². The molecule has 0 bridgehead atoms. The maximum Gasteiger partial charge on any atom is 0.356 e. The lowest BCUT2D eigenvalue weighted by Crippen LogP contribution is -2.50. The van der Waals surface area contributed by atoms with Crippen LogP contribution in [-0.2, 0) is 25.7 Å². The summed E-state index contributed by atoms with van der Waals surface area (Å²) in [6.07, 6.45) is 3.81. The van der Waals surface area contributed by atoms with Crippen LogP contribution in [0.2, 0.25) is 0 Å². The van der Waals surface area contributed by atoms with Crippen molar-refractivity contribution < 1.29 is 19.1 Å². The van der Waals surface area contributed by atoms with E-state index in [4.69, 9.17) is 4.74 Å². The molecule has 2 aliphatic rings. The highest BCUT2D eigenvalue weighted by molar-refractivity contribution is 8.06. The molecule has 1 saturated heterocycles. The average molecular weight is 384 g/mol. The Morgan fingerprint density at radius 1 is 1.33 bits per heavy atom. The van der Waals surface area contributed by atoms with Crippen molar-refractivity contribution in [2.24, 2.45) is 0 Å². The first-order valence-corrected chi connectivity index (χ1v) is 9.43. The summed E-state index contributed by atoms with van der Waals surface area (Å²) in [4.78, 5) is 38.0. The van der Waals surface area contributed by atoms with E-state index >= 15 is 0 Å². The molecule has 6 nitrogen and oxygen atoms in total. The van der Waals surface area contributed by atoms with Crippen molar-refractivity contribution in [2.45, 2.75) is 32.9 Å². The topological polar surface area (TPSA) is 75.7 Å². The fourth-order valence-corrected chi connectivity index (χ4v) is 3.98. The highest BCUT2D eigenvalue weighted by Crippen LogP contribution is 2.47. The molecule has 0 radical (unpaired) electrons. The lowest BCUT2D eigenvalue weighted by atomic mass is 9.98. The van der Waals surface area contributed by atoms with Gasteiger partial charge in [0.15, 0.2) is 0 Å². The zero-order chi connectivity index (χ0) is 19.4. The van der Waals surface area contributed by atoms with Gasteiger partial charge in [0, 0.05) is 18.0 Å². The van der Waals surface area contributed by atoms with E-state index in [1.54, 1.807) is 5.41 Å². The molecule has 27 heavy (non-hydrogen) atoms. The van der Waals surface area contributed by atoms with Gasteiger partial charge in [-0.3, -0.25) is 14.5 Å². The minimum atomic E-state index is -0.524. The quantitative estimate of drug-likeness (QED) is 0.603. The third-order valence-corrected chi connectivity index (χ3v) is 5.22. The fraction of sp³-hybridized carbons (Fsp3) is 0.250. The number of hydrogen-bond donors (Lipinski definition) is 1. The summed E-state index contributed by atoms with van der Waals surface area (Å²) in [5.74, 6) is -0.795. The van der Waals surface area contributed by atoms with Gasteiger partial charge in [-0.2, -0.15) is 0 Å². The van der Waals surface area contributed by atoms with Gasteiger partial charge in [0.25, 0.3) is 0 Å². The molecule has 1 aromatic rings. The number of hydrogen-bond acceptors (Lipinski definition) is 5. The summed E-state index contributed by atoms with van der Waals surface area (Å²) in [7, 11) is 0. The van der Waals surface area contributed by atoms with Crippen molar-refractivity contribution in [2.75, 3.05) is 0 Å². The van der Waals surface area contributed by atoms with Crippen molar-refractivity contribution in [1.29, 1.82) is 0 Å². The Morgan fingerprint density at radius 3 is 2.70 bits per heavy atom. The SMILES string of the molecule is CC=C1C(S/C=C\NC(C)=O)=C(C(=O)OCc2ccccc2)N2C(=O)C[C@H]12. The van der Waals surface area contributed by atoms with Crippen LogP contribution in [0.25, 0.3) is 0 Å². The fourth-order valence-electron chi connectivity index (χ4n) is 3.03. The van der Waals surface area contributed by atoms with Gasteiger partial charge in [0.1, 0.15) is 12.3 Å². The average Bonchev–Trinajstić information content (AvgIpc) is 2.91. The van der Waals surface area contributed by atoms with Gasteiger partial charge in [0.2, 0.25) is 11.8 Å². The van der Waals surface area contributed by atoms with Crippen LogP contribution in [0.4, 0.5) is 0 Å². The predicted molar refractivity (Wildman–Crippen MR) is 103 cm³/mol. The second-order valence-electron chi connectivity index (χ2n) is 6.09. The number of thioether (sulfide) groups is 1. The van der Waals surface area contributed by atoms with Gasteiger partial charge in [-0.15, -0.1) is 0 Å². The number of amides is 2. The molecule has 0 aliphatic carbocycles. The Bertz CT molecular complexity index is 858. The van der Waals surface area contributed by atoms with Gasteiger partial charge in [-0.25, -0.2) is 4.79 Å². The van der Waals surface area contributed by atoms with Crippen molar-refractivity contribution in [3.8, 4) is 0 Å². The van der Waals surface area contributed by atoms with E-state index in [1.165, 1.54) is 29.8 Å². The molecule has 2 heterocycles. The molecular weight excluding hydrogens is 364 g/mol. The molecule has 0 spiro atoms.